The molecule has 0 aliphatic heterocycles. The summed E-state index contributed by atoms with van der Waals surface area (Å²) in [7, 11) is -2.16. The lowest BCUT2D eigenvalue weighted by molar-refractivity contribution is 0.102. The number of H-pyrrole nitrogens is 1. The van der Waals surface area contributed by atoms with Crippen molar-refractivity contribution in [3.8, 4) is 17.0 Å². The number of nitrogens with zero attached hydrogens (tertiary/aromatic N) is 2. The Morgan fingerprint density at radius 3 is 2.40 bits per heavy atom. The van der Waals surface area contributed by atoms with Crippen molar-refractivity contribution in [3.63, 3.8) is 0 Å². The van der Waals surface area contributed by atoms with Gasteiger partial charge in [-0.25, -0.2) is 8.42 Å². The quantitative estimate of drug-likeness (QED) is 0.353. The van der Waals surface area contributed by atoms with E-state index >= 15 is 0 Å². The zero-order valence-corrected chi connectivity index (χ0v) is 20.4. The summed E-state index contributed by atoms with van der Waals surface area (Å²) in [4.78, 5) is 12.8. The van der Waals surface area contributed by atoms with Gasteiger partial charge in [-0.1, -0.05) is 36.4 Å². The summed E-state index contributed by atoms with van der Waals surface area (Å²) in [5.74, 6) is -0.326. The van der Waals surface area contributed by atoms with Gasteiger partial charge in [0, 0.05) is 24.8 Å². The summed E-state index contributed by atoms with van der Waals surface area (Å²) in [5.41, 5.74) is 4.19. The summed E-state index contributed by atoms with van der Waals surface area (Å²) in [6, 6.07) is 20.5. The predicted octanol–water partition coefficient (Wildman–Crippen LogP) is 4.47. The number of hydrogen-bond acceptors (Lipinski definition) is 5. The SMILES string of the molecule is Cc1cc(C)c(O)c(-c2cc(C(=O)Nc3ccc(S(=O)(=O)N(C)Cc4ccccc4)cc3)[nH]n2)c1. The minimum atomic E-state index is -3.69. The topological polar surface area (TPSA) is 115 Å². The van der Waals surface area contributed by atoms with Crippen LogP contribution in [-0.2, 0) is 16.6 Å². The van der Waals surface area contributed by atoms with Crippen LogP contribution in [0.1, 0.15) is 27.2 Å². The number of carbonyl (C=O) groups excluding carboxylic acids is 1. The third-order valence-corrected chi connectivity index (χ3v) is 7.43. The molecule has 3 aromatic carbocycles. The van der Waals surface area contributed by atoms with E-state index in [0.29, 0.717) is 16.9 Å². The van der Waals surface area contributed by atoms with E-state index in [0.717, 1.165) is 16.7 Å². The Hall–Kier alpha value is -3.95. The van der Waals surface area contributed by atoms with Gasteiger partial charge in [-0.05, 0) is 66.9 Å². The van der Waals surface area contributed by atoms with Crippen LogP contribution in [0.5, 0.6) is 5.75 Å². The number of hydrogen-bond donors (Lipinski definition) is 3. The molecule has 4 rings (SSSR count). The molecule has 0 atom stereocenters. The van der Waals surface area contributed by atoms with Crippen molar-refractivity contribution >= 4 is 21.6 Å². The Labute approximate surface area is 204 Å². The summed E-state index contributed by atoms with van der Waals surface area (Å²) in [6.45, 7) is 3.97. The zero-order chi connectivity index (χ0) is 25.2. The van der Waals surface area contributed by atoms with Gasteiger partial charge in [-0.15, -0.1) is 0 Å². The third kappa shape index (κ3) is 5.26. The lowest BCUT2D eigenvalue weighted by Crippen LogP contribution is -2.26. The standard InChI is InChI=1S/C26H26N4O4S/c1-17-13-18(2)25(31)22(14-17)23-15-24(29-28-23)26(32)27-20-9-11-21(12-10-20)35(33,34)30(3)16-19-7-5-4-6-8-19/h4-15,31H,16H2,1-3H3,(H,27,32)(H,28,29). The third-order valence-electron chi connectivity index (χ3n) is 5.61. The first-order valence-corrected chi connectivity index (χ1v) is 12.4. The molecule has 0 aliphatic rings. The number of sulfonamides is 1. The number of phenolic OH excluding ortho intramolecular Hbond substituents is 1. The van der Waals surface area contributed by atoms with Crippen molar-refractivity contribution in [1.29, 1.82) is 0 Å². The summed E-state index contributed by atoms with van der Waals surface area (Å²) < 4.78 is 27.1. The van der Waals surface area contributed by atoms with Gasteiger partial charge in [0.2, 0.25) is 10.0 Å². The molecular formula is C26H26N4O4S. The Bertz CT molecular complexity index is 1460. The fourth-order valence-electron chi connectivity index (χ4n) is 3.75. The highest BCUT2D eigenvalue weighted by Crippen LogP contribution is 2.32. The first-order chi connectivity index (χ1) is 16.6. The Morgan fingerprint density at radius 1 is 1.03 bits per heavy atom. The highest BCUT2D eigenvalue weighted by Gasteiger charge is 2.21. The number of aryl methyl sites for hydroxylation is 2. The second-order valence-electron chi connectivity index (χ2n) is 8.37. The van der Waals surface area contributed by atoms with E-state index in [9.17, 15) is 18.3 Å². The number of amides is 1. The molecule has 0 bridgehead atoms. The normalized spacial score (nSPS) is 11.5. The minimum Gasteiger partial charge on any atom is -0.507 e. The molecule has 1 amide bonds. The maximum absolute atomic E-state index is 12.9. The fraction of sp³-hybridized carbons (Fsp3) is 0.154. The molecule has 0 saturated heterocycles. The van der Waals surface area contributed by atoms with Crippen LogP contribution in [0.15, 0.2) is 77.7 Å². The van der Waals surface area contributed by atoms with Crippen molar-refractivity contribution in [1.82, 2.24) is 14.5 Å². The van der Waals surface area contributed by atoms with Gasteiger partial charge in [0.25, 0.3) is 5.91 Å². The number of benzene rings is 3. The molecule has 0 aliphatic carbocycles. The second kappa shape index (κ2) is 9.73. The van der Waals surface area contributed by atoms with Crippen molar-refractivity contribution in [2.75, 3.05) is 12.4 Å². The molecule has 0 radical (unpaired) electrons. The van der Waals surface area contributed by atoms with E-state index in [2.05, 4.69) is 15.5 Å². The van der Waals surface area contributed by atoms with Crippen LogP contribution in [-0.4, -0.2) is 41.0 Å². The molecule has 0 spiro atoms. The molecule has 35 heavy (non-hydrogen) atoms. The average molecular weight is 491 g/mol. The number of aromatic hydroxyl groups is 1. The van der Waals surface area contributed by atoms with E-state index in [1.54, 1.807) is 19.1 Å². The number of nitrogens with one attached hydrogen (secondary N) is 2. The molecule has 4 aromatic rings. The number of phenols is 1. The first-order valence-electron chi connectivity index (χ1n) is 10.9. The minimum absolute atomic E-state index is 0.114. The first kappa shape index (κ1) is 24.2. The van der Waals surface area contributed by atoms with E-state index in [1.807, 2.05) is 43.3 Å². The largest absolute Gasteiger partial charge is 0.507 e. The number of carbonyl (C=O) groups is 1. The maximum atomic E-state index is 12.9. The lowest BCUT2D eigenvalue weighted by Gasteiger charge is -2.17. The van der Waals surface area contributed by atoms with Crippen molar-refractivity contribution < 1.29 is 18.3 Å². The van der Waals surface area contributed by atoms with Crippen LogP contribution >= 0.6 is 0 Å². The Kier molecular flexibility index (Phi) is 6.72. The van der Waals surface area contributed by atoms with Gasteiger partial charge >= 0.3 is 0 Å². The molecule has 0 saturated carbocycles. The Balaban J connectivity index is 1.46. The van der Waals surface area contributed by atoms with Crippen LogP contribution in [0.3, 0.4) is 0 Å². The summed E-state index contributed by atoms with van der Waals surface area (Å²) in [6.07, 6.45) is 0. The summed E-state index contributed by atoms with van der Waals surface area (Å²) in [5, 5.41) is 19.9. The highest BCUT2D eigenvalue weighted by molar-refractivity contribution is 7.89. The number of aromatic nitrogens is 2. The summed E-state index contributed by atoms with van der Waals surface area (Å²) >= 11 is 0. The zero-order valence-electron chi connectivity index (χ0n) is 19.6. The van der Waals surface area contributed by atoms with Gasteiger partial charge in [-0.3, -0.25) is 9.89 Å². The molecule has 9 heteroatoms. The monoisotopic (exact) mass is 490 g/mol. The highest BCUT2D eigenvalue weighted by atomic mass is 32.2. The molecule has 8 nitrogen and oxygen atoms in total. The smallest absolute Gasteiger partial charge is 0.273 e. The fourth-order valence-corrected chi connectivity index (χ4v) is 4.90. The van der Waals surface area contributed by atoms with Crippen LogP contribution < -0.4 is 5.32 Å². The number of anilines is 1. The van der Waals surface area contributed by atoms with Crippen LogP contribution in [0.25, 0.3) is 11.3 Å². The van der Waals surface area contributed by atoms with Gasteiger partial charge in [-0.2, -0.15) is 9.40 Å². The van der Waals surface area contributed by atoms with Gasteiger partial charge < -0.3 is 10.4 Å². The lowest BCUT2D eigenvalue weighted by atomic mass is 10.0. The van der Waals surface area contributed by atoms with Crippen LogP contribution in [0.4, 0.5) is 5.69 Å². The van der Waals surface area contributed by atoms with Crippen LogP contribution in [0.2, 0.25) is 0 Å². The second-order valence-corrected chi connectivity index (χ2v) is 10.4. The van der Waals surface area contributed by atoms with Crippen molar-refractivity contribution in [2.45, 2.75) is 25.3 Å². The van der Waals surface area contributed by atoms with Gasteiger partial charge in [0.15, 0.2) is 0 Å². The molecule has 0 unspecified atom stereocenters. The molecular weight excluding hydrogens is 464 g/mol. The predicted molar refractivity (Wildman–Crippen MR) is 135 cm³/mol. The van der Waals surface area contributed by atoms with Gasteiger partial charge in [0.1, 0.15) is 11.4 Å². The van der Waals surface area contributed by atoms with Crippen molar-refractivity contribution in [2.24, 2.45) is 0 Å². The molecule has 1 aromatic heterocycles. The van der Waals surface area contributed by atoms with Crippen LogP contribution in [0, 0.1) is 13.8 Å². The van der Waals surface area contributed by atoms with Crippen molar-refractivity contribution in [3.05, 3.63) is 95.2 Å². The van der Waals surface area contributed by atoms with E-state index in [1.165, 1.54) is 35.6 Å². The van der Waals surface area contributed by atoms with E-state index in [4.69, 9.17) is 0 Å². The van der Waals surface area contributed by atoms with E-state index in [-0.39, 0.29) is 22.9 Å². The Morgan fingerprint density at radius 2 is 1.71 bits per heavy atom. The maximum Gasteiger partial charge on any atom is 0.273 e. The van der Waals surface area contributed by atoms with E-state index < -0.39 is 15.9 Å². The van der Waals surface area contributed by atoms with Gasteiger partial charge in [0.05, 0.1) is 10.6 Å². The molecule has 1 heterocycles. The molecule has 3 N–H and O–H groups in total. The average Bonchev–Trinajstić information content (AvgIpc) is 3.33. The molecule has 180 valence electrons. The number of rotatable bonds is 7. The molecule has 0 fully saturated rings. The number of aromatic amines is 1.